The molecule has 0 unspecified atom stereocenters. The number of amides is 2. The predicted molar refractivity (Wildman–Crippen MR) is 257 cm³/mol. The summed E-state index contributed by atoms with van der Waals surface area (Å²) in [7, 11) is 0. The maximum atomic E-state index is 13.3. The molecule has 10 aromatic rings. The van der Waals surface area contributed by atoms with Gasteiger partial charge in [0.25, 0.3) is 11.8 Å². The zero-order chi connectivity index (χ0) is 46.0. The Morgan fingerprint density at radius 2 is 0.985 bits per heavy atom. The van der Waals surface area contributed by atoms with Gasteiger partial charge in [0, 0.05) is 75.6 Å². The van der Waals surface area contributed by atoms with Gasteiger partial charge in [0.05, 0.1) is 68.5 Å². The van der Waals surface area contributed by atoms with E-state index in [4.69, 9.17) is 14.2 Å². The third kappa shape index (κ3) is 4.25. The van der Waals surface area contributed by atoms with E-state index in [1.54, 1.807) is 0 Å². The van der Waals surface area contributed by atoms with Crippen LogP contribution in [0.1, 0.15) is 77.9 Å². The van der Waals surface area contributed by atoms with Crippen molar-refractivity contribution in [1.82, 2.24) is 28.9 Å². The van der Waals surface area contributed by atoms with Crippen LogP contribution in [0.25, 0.3) is 87.2 Å². The summed E-state index contributed by atoms with van der Waals surface area (Å²) in [6.07, 6.45) is -0.269. The Hall–Kier alpha value is -6.78. The second-order valence-electron chi connectivity index (χ2n) is 19.8. The average molecular weight is 907 g/mol. The first-order valence-electron chi connectivity index (χ1n) is 23.5. The van der Waals surface area contributed by atoms with Crippen LogP contribution in [0.5, 0.6) is 0 Å². The summed E-state index contributed by atoms with van der Waals surface area (Å²) in [5.74, 6) is -0.0870. The molecule has 14 nitrogen and oxygen atoms in total. The minimum atomic E-state index is -1.48. The predicted octanol–water partition coefficient (Wildman–Crippen LogP) is 7.99. The monoisotopic (exact) mass is 906 g/mol. The first-order chi connectivity index (χ1) is 33.0. The number of benzene rings is 6. The molecule has 4 bridgehead atoms. The highest BCUT2D eigenvalue weighted by atomic mass is 16.6. The summed E-state index contributed by atoms with van der Waals surface area (Å²) in [4.78, 5) is 26.4. The van der Waals surface area contributed by atoms with Crippen LogP contribution in [-0.2, 0) is 38.8 Å². The van der Waals surface area contributed by atoms with Gasteiger partial charge >= 0.3 is 0 Å². The molecule has 6 aliphatic rings. The van der Waals surface area contributed by atoms with E-state index in [1.165, 1.54) is 0 Å². The van der Waals surface area contributed by atoms with Crippen molar-refractivity contribution in [2.45, 2.75) is 81.8 Å². The molecule has 6 aromatic carbocycles. The molecule has 0 spiro atoms. The third-order valence-electron chi connectivity index (χ3n) is 16.8. The molecule has 6 atom stereocenters. The number of rotatable bonds is 4. The van der Waals surface area contributed by atoms with Gasteiger partial charge in [-0.15, -0.1) is 0 Å². The number of ether oxygens (including phenoxy) is 3. The van der Waals surface area contributed by atoms with Crippen LogP contribution in [0.3, 0.4) is 0 Å². The van der Waals surface area contributed by atoms with E-state index in [-0.39, 0.29) is 24.8 Å². The lowest BCUT2D eigenvalue weighted by molar-refractivity contribution is -0.195. The van der Waals surface area contributed by atoms with Crippen molar-refractivity contribution in [1.29, 1.82) is 0 Å². The molecule has 10 heterocycles. The molecule has 2 amide bonds. The first kappa shape index (κ1) is 39.2. The number of aliphatic hydroxyl groups excluding tert-OH is 1. The van der Waals surface area contributed by atoms with Gasteiger partial charge in [-0.05, 0) is 56.2 Å². The molecule has 5 N–H and O–H groups in total. The Balaban J connectivity index is 0.000000124. The number of carbonyl (C=O) groups excluding carboxylic acids is 2. The average Bonchev–Trinajstić information content (AvgIpc) is 4.22. The van der Waals surface area contributed by atoms with Crippen LogP contribution < -0.4 is 10.6 Å². The molecule has 0 saturated carbocycles. The molecule has 16 rings (SSSR count). The molecule has 2 saturated heterocycles. The molecule has 340 valence electrons. The maximum Gasteiger partial charge on any atom is 0.252 e. The maximum absolute atomic E-state index is 13.3. The van der Waals surface area contributed by atoms with Crippen molar-refractivity contribution in [3.63, 3.8) is 0 Å². The number of hydrogen-bond acceptors (Lipinski definition) is 8. The van der Waals surface area contributed by atoms with E-state index in [0.717, 1.165) is 109 Å². The van der Waals surface area contributed by atoms with Crippen molar-refractivity contribution in [2.24, 2.45) is 0 Å². The molecular formula is C54H46N6O8. The fourth-order valence-corrected chi connectivity index (χ4v) is 13.7. The van der Waals surface area contributed by atoms with E-state index in [1.807, 2.05) is 87.5 Å². The highest BCUT2D eigenvalue weighted by molar-refractivity contribution is 6.32. The Morgan fingerprint density at radius 3 is 1.43 bits per heavy atom. The largest absolute Gasteiger partial charge is 0.393 e. The number of para-hydroxylation sites is 4. The molecule has 0 aliphatic carbocycles. The summed E-state index contributed by atoms with van der Waals surface area (Å²) in [5.41, 5.74) is 6.26. The summed E-state index contributed by atoms with van der Waals surface area (Å²) < 4.78 is 28.0. The van der Waals surface area contributed by atoms with Gasteiger partial charge in [-0.25, -0.2) is 0 Å². The Bertz CT molecular complexity index is 4010. The minimum Gasteiger partial charge on any atom is -0.393 e. The molecule has 0 radical (unpaired) electrons. The number of aliphatic hydroxyl groups is 3. The lowest BCUT2D eigenvalue weighted by Gasteiger charge is -2.39. The van der Waals surface area contributed by atoms with Crippen molar-refractivity contribution in [2.75, 3.05) is 19.8 Å². The number of carbonyl (C=O) groups is 2. The van der Waals surface area contributed by atoms with Crippen LogP contribution in [0.4, 0.5) is 0 Å². The van der Waals surface area contributed by atoms with E-state index in [0.29, 0.717) is 26.1 Å². The summed E-state index contributed by atoms with van der Waals surface area (Å²) >= 11 is 0. The number of nitrogens with one attached hydrogen (secondary N) is 2. The number of aromatic nitrogens is 4. The van der Waals surface area contributed by atoms with Gasteiger partial charge in [0.15, 0.2) is 11.4 Å². The highest BCUT2D eigenvalue weighted by Crippen LogP contribution is 2.59. The first-order valence-corrected chi connectivity index (χ1v) is 23.5. The van der Waals surface area contributed by atoms with E-state index in [2.05, 4.69) is 59.2 Å². The Labute approximate surface area is 386 Å². The lowest BCUT2D eigenvalue weighted by atomic mass is 9.89. The van der Waals surface area contributed by atoms with Gasteiger partial charge in [-0.1, -0.05) is 72.8 Å². The number of fused-ring (bicyclic) bond motifs is 26. The number of hydrogen-bond donors (Lipinski definition) is 5. The fourth-order valence-electron chi connectivity index (χ4n) is 13.7. The third-order valence-corrected chi connectivity index (χ3v) is 16.8. The van der Waals surface area contributed by atoms with Gasteiger partial charge in [0.1, 0.15) is 23.7 Å². The molecule has 6 aliphatic heterocycles. The smallest absolute Gasteiger partial charge is 0.252 e. The van der Waals surface area contributed by atoms with Crippen molar-refractivity contribution in [3.05, 3.63) is 119 Å². The van der Waals surface area contributed by atoms with Crippen molar-refractivity contribution in [3.8, 4) is 0 Å². The normalized spacial score (nSPS) is 27.4. The van der Waals surface area contributed by atoms with Crippen molar-refractivity contribution < 1.29 is 39.1 Å². The van der Waals surface area contributed by atoms with Crippen LogP contribution in [0.15, 0.2) is 97.1 Å². The molecule has 4 aromatic heterocycles. The van der Waals surface area contributed by atoms with Crippen LogP contribution >= 0.6 is 0 Å². The van der Waals surface area contributed by atoms with Gasteiger partial charge in [-0.3, -0.25) is 9.59 Å². The van der Waals surface area contributed by atoms with Gasteiger partial charge in [-0.2, -0.15) is 0 Å². The van der Waals surface area contributed by atoms with Gasteiger partial charge in [0.2, 0.25) is 0 Å². The van der Waals surface area contributed by atoms with E-state index < -0.39 is 41.7 Å². The van der Waals surface area contributed by atoms with E-state index >= 15 is 0 Å². The fraction of sp³-hybridized carbons (Fsp3) is 0.296. The Morgan fingerprint density at radius 1 is 0.588 bits per heavy atom. The molecule has 14 heteroatoms. The minimum absolute atomic E-state index is 0.0315. The van der Waals surface area contributed by atoms with Crippen LogP contribution in [-0.4, -0.2) is 76.4 Å². The zero-order valence-electron chi connectivity index (χ0n) is 37.5. The quantitative estimate of drug-likeness (QED) is 0.119. The summed E-state index contributed by atoms with van der Waals surface area (Å²) in [6, 6.07) is 32.5. The number of nitrogens with zero attached hydrogens (tertiary/aromatic N) is 4. The molecule has 68 heavy (non-hydrogen) atoms. The molecule has 2 fully saturated rings. The highest BCUT2D eigenvalue weighted by Gasteiger charge is 2.62. The summed E-state index contributed by atoms with van der Waals surface area (Å²) in [6.45, 7) is 7.00. The van der Waals surface area contributed by atoms with E-state index in [9.17, 15) is 24.9 Å². The van der Waals surface area contributed by atoms with Crippen molar-refractivity contribution >= 4 is 99.0 Å². The lowest BCUT2D eigenvalue weighted by Crippen LogP contribution is -2.53. The standard InChI is InChI=1S/C28H25N3O4.C26H21N3O4/c1-3-34-14-28(33)12-20-30-18-10-6-4-8-15(18)22-23-17(13-29-26(23)32)21-16-9-5-7-11-19(16)31(25(21)24(22)30)27(28,2)35-20;1-25-26(32,12-30)10-18(33-25)28-16-8-4-2-6-13(16)20-21-15(11-27-24(21)31)19-14-7-3-5-9-17(14)29(25)23(19)22(20)28/h4-11,20,33H,3,12-14H2,1-2H3,(H,29,32);2-9,18,30,32H,10-12H2,1H3,(H,27,31)/t20-,27+,28+;18-,25+,26+/m11/s1. The zero-order valence-corrected chi connectivity index (χ0v) is 37.5. The summed E-state index contributed by atoms with van der Waals surface area (Å²) in [5, 5.41) is 48.5. The SMILES string of the molecule is CCOC[C@@]1(O)C[C@H]2O[C@]1(C)n1c3ccccc3c3c4c(c5c6ccccc6n2c5c31)C(=O)NC4.C[C@]12O[C@H](C[C@]1(O)CO)n1c3ccccc3c3c4c(c5c6ccccc6n2c5c31)CNC4=O. The second kappa shape index (κ2) is 12.6. The topological polar surface area (TPSA) is 166 Å². The van der Waals surface area contributed by atoms with Gasteiger partial charge < -0.3 is 58.4 Å². The molecular weight excluding hydrogens is 861 g/mol. The Kier molecular flexibility index (Phi) is 7.30. The van der Waals surface area contributed by atoms with Crippen LogP contribution in [0, 0.1) is 0 Å². The second-order valence-corrected chi connectivity index (χ2v) is 19.8. The van der Waals surface area contributed by atoms with Crippen LogP contribution in [0.2, 0.25) is 0 Å².